The number of non-ortho nitro benzene ring substituents is 1. The lowest BCUT2D eigenvalue weighted by atomic mass is 10.3. The van der Waals surface area contributed by atoms with Crippen LogP contribution in [0.5, 0.6) is 11.5 Å². The standard InChI is InChI=1S/C18H17N3O5S/c1-25-14-5-2-3-6-15(14)26-10-4-7-17(22)20-18-19-13-9-8-12(21(23)24)11-16(13)27-18/h2-3,5-6,8-9,11H,4,7,10H2,1H3,(H,19,20,22). The average molecular weight is 387 g/mol. The Balaban J connectivity index is 1.50. The molecule has 1 aromatic heterocycles. The zero-order valence-corrected chi connectivity index (χ0v) is 15.3. The number of ether oxygens (including phenoxy) is 2. The van der Waals surface area contributed by atoms with Crippen LogP contribution in [0.1, 0.15) is 12.8 Å². The van der Waals surface area contributed by atoms with Gasteiger partial charge in [-0.1, -0.05) is 23.5 Å². The van der Waals surface area contributed by atoms with Crippen molar-refractivity contribution in [2.45, 2.75) is 12.8 Å². The largest absolute Gasteiger partial charge is 0.493 e. The van der Waals surface area contributed by atoms with Crippen molar-refractivity contribution >= 4 is 38.3 Å². The lowest BCUT2D eigenvalue weighted by molar-refractivity contribution is -0.384. The number of nitro groups is 1. The number of nitrogens with one attached hydrogen (secondary N) is 1. The molecule has 140 valence electrons. The summed E-state index contributed by atoms with van der Waals surface area (Å²) in [5.41, 5.74) is 0.609. The Bertz CT molecular complexity index is 973. The van der Waals surface area contributed by atoms with Crippen LogP contribution >= 0.6 is 11.3 Å². The van der Waals surface area contributed by atoms with Gasteiger partial charge in [0.25, 0.3) is 5.69 Å². The number of hydrogen-bond donors (Lipinski definition) is 1. The average Bonchev–Trinajstić information content (AvgIpc) is 3.06. The molecule has 0 aliphatic carbocycles. The van der Waals surface area contributed by atoms with Gasteiger partial charge in [-0.2, -0.15) is 0 Å². The second-order valence-corrected chi connectivity index (χ2v) is 6.61. The first kappa shape index (κ1) is 18.6. The minimum atomic E-state index is -0.459. The third kappa shape index (κ3) is 4.70. The normalized spacial score (nSPS) is 10.6. The molecule has 0 saturated carbocycles. The third-order valence-electron chi connectivity index (χ3n) is 3.70. The second kappa shape index (κ2) is 8.45. The molecule has 3 aromatic rings. The van der Waals surface area contributed by atoms with E-state index in [0.717, 1.165) is 0 Å². The second-order valence-electron chi connectivity index (χ2n) is 5.58. The molecular weight excluding hydrogens is 370 g/mol. The Morgan fingerprint density at radius 3 is 2.78 bits per heavy atom. The van der Waals surface area contributed by atoms with Crippen molar-refractivity contribution in [3.05, 3.63) is 52.6 Å². The van der Waals surface area contributed by atoms with Gasteiger partial charge in [0.2, 0.25) is 5.91 Å². The number of carbonyl (C=O) groups is 1. The smallest absolute Gasteiger partial charge is 0.270 e. The van der Waals surface area contributed by atoms with Crippen LogP contribution in [0.3, 0.4) is 0 Å². The number of nitro benzene ring substituents is 1. The number of hydrogen-bond acceptors (Lipinski definition) is 7. The van der Waals surface area contributed by atoms with E-state index < -0.39 is 4.92 Å². The molecule has 3 rings (SSSR count). The summed E-state index contributed by atoms with van der Waals surface area (Å²) in [5, 5.41) is 14.0. The maximum absolute atomic E-state index is 12.1. The summed E-state index contributed by atoms with van der Waals surface area (Å²) in [5.74, 6) is 1.09. The number of methoxy groups -OCH3 is 1. The van der Waals surface area contributed by atoms with Crippen molar-refractivity contribution in [1.29, 1.82) is 0 Å². The molecule has 27 heavy (non-hydrogen) atoms. The number of benzene rings is 2. The number of amides is 1. The molecule has 2 aromatic carbocycles. The summed E-state index contributed by atoms with van der Waals surface area (Å²) in [4.78, 5) is 26.7. The van der Waals surface area contributed by atoms with Gasteiger partial charge in [-0.15, -0.1) is 0 Å². The Morgan fingerprint density at radius 2 is 2.04 bits per heavy atom. The van der Waals surface area contributed by atoms with Gasteiger partial charge in [0.15, 0.2) is 16.6 Å². The monoisotopic (exact) mass is 387 g/mol. The lowest BCUT2D eigenvalue weighted by Crippen LogP contribution is -2.12. The molecular formula is C18H17N3O5S. The maximum atomic E-state index is 12.1. The highest BCUT2D eigenvalue weighted by Crippen LogP contribution is 2.29. The van der Waals surface area contributed by atoms with Crippen molar-refractivity contribution < 1.29 is 19.2 Å². The van der Waals surface area contributed by atoms with E-state index in [-0.39, 0.29) is 18.0 Å². The van der Waals surface area contributed by atoms with Crippen LogP contribution in [-0.4, -0.2) is 29.5 Å². The Kier molecular flexibility index (Phi) is 5.82. The molecule has 8 nitrogen and oxygen atoms in total. The van der Waals surface area contributed by atoms with Crippen LogP contribution in [0.15, 0.2) is 42.5 Å². The van der Waals surface area contributed by atoms with Gasteiger partial charge in [-0.3, -0.25) is 14.9 Å². The van der Waals surface area contributed by atoms with Gasteiger partial charge in [0, 0.05) is 18.6 Å². The molecule has 0 bridgehead atoms. The highest BCUT2D eigenvalue weighted by atomic mass is 32.1. The SMILES string of the molecule is COc1ccccc1OCCCC(=O)Nc1nc2ccc([N+](=O)[O-])cc2s1. The molecule has 0 aliphatic heterocycles. The Labute approximate surface area is 158 Å². The Hall–Kier alpha value is -3.20. The number of anilines is 1. The first-order valence-corrected chi connectivity index (χ1v) is 8.99. The number of nitrogens with zero attached hydrogens (tertiary/aromatic N) is 2. The van der Waals surface area contributed by atoms with Gasteiger partial charge in [-0.05, 0) is 24.6 Å². The predicted molar refractivity (Wildman–Crippen MR) is 103 cm³/mol. The van der Waals surface area contributed by atoms with Crippen LogP contribution in [0.25, 0.3) is 10.2 Å². The van der Waals surface area contributed by atoms with E-state index in [2.05, 4.69) is 10.3 Å². The van der Waals surface area contributed by atoms with Gasteiger partial charge < -0.3 is 14.8 Å². The molecule has 0 unspecified atom stereocenters. The first-order chi connectivity index (χ1) is 13.1. The minimum Gasteiger partial charge on any atom is -0.493 e. The van der Waals surface area contributed by atoms with E-state index in [4.69, 9.17) is 9.47 Å². The van der Waals surface area contributed by atoms with E-state index in [1.807, 2.05) is 12.1 Å². The topological polar surface area (TPSA) is 104 Å². The summed E-state index contributed by atoms with van der Waals surface area (Å²) in [6.45, 7) is 0.375. The molecule has 1 N–H and O–H groups in total. The van der Waals surface area contributed by atoms with E-state index >= 15 is 0 Å². The van der Waals surface area contributed by atoms with Gasteiger partial charge in [0.05, 0.1) is 28.9 Å². The van der Waals surface area contributed by atoms with Gasteiger partial charge in [0.1, 0.15) is 0 Å². The molecule has 0 radical (unpaired) electrons. The quantitative estimate of drug-likeness (QED) is 0.356. The number of rotatable bonds is 8. The van der Waals surface area contributed by atoms with Crippen molar-refractivity contribution in [2.24, 2.45) is 0 Å². The fraction of sp³-hybridized carbons (Fsp3) is 0.222. The van der Waals surface area contributed by atoms with Crippen LogP contribution < -0.4 is 14.8 Å². The summed E-state index contributed by atoms with van der Waals surface area (Å²) in [7, 11) is 1.57. The van der Waals surface area contributed by atoms with Crippen molar-refractivity contribution in [3.8, 4) is 11.5 Å². The fourth-order valence-corrected chi connectivity index (χ4v) is 3.33. The molecule has 1 amide bonds. The minimum absolute atomic E-state index is 0.00230. The number of carbonyl (C=O) groups excluding carboxylic acids is 1. The first-order valence-electron chi connectivity index (χ1n) is 8.17. The maximum Gasteiger partial charge on any atom is 0.270 e. The third-order valence-corrected chi connectivity index (χ3v) is 4.64. The highest BCUT2D eigenvalue weighted by Gasteiger charge is 2.12. The predicted octanol–water partition coefficient (Wildman–Crippen LogP) is 4.01. The van der Waals surface area contributed by atoms with E-state index in [0.29, 0.717) is 39.9 Å². The highest BCUT2D eigenvalue weighted by molar-refractivity contribution is 7.22. The van der Waals surface area contributed by atoms with Crippen LogP contribution in [0.4, 0.5) is 10.8 Å². The molecule has 0 aliphatic rings. The van der Waals surface area contributed by atoms with Crippen LogP contribution in [0.2, 0.25) is 0 Å². The van der Waals surface area contributed by atoms with E-state index in [1.54, 1.807) is 25.3 Å². The number of aromatic nitrogens is 1. The fourth-order valence-electron chi connectivity index (χ4n) is 2.41. The van der Waals surface area contributed by atoms with E-state index in [9.17, 15) is 14.9 Å². The summed E-state index contributed by atoms with van der Waals surface area (Å²) >= 11 is 1.20. The number of fused-ring (bicyclic) bond motifs is 1. The lowest BCUT2D eigenvalue weighted by Gasteiger charge is -2.09. The summed E-state index contributed by atoms with van der Waals surface area (Å²) in [6.07, 6.45) is 0.797. The van der Waals surface area contributed by atoms with E-state index in [1.165, 1.54) is 23.5 Å². The zero-order chi connectivity index (χ0) is 19.2. The molecule has 0 spiro atoms. The molecule has 0 atom stereocenters. The van der Waals surface area contributed by atoms with Gasteiger partial charge >= 0.3 is 0 Å². The van der Waals surface area contributed by atoms with Crippen LogP contribution in [0, 0.1) is 10.1 Å². The van der Waals surface area contributed by atoms with Crippen molar-refractivity contribution in [3.63, 3.8) is 0 Å². The molecule has 9 heteroatoms. The summed E-state index contributed by atoms with van der Waals surface area (Å²) < 4.78 is 11.5. The van der Waals surface area contributed by atoms with Crippen molar-refractivity contribution in [2.75, 3.05) is 19.0 Å². The zero-order valence-electron chi connectivity index (χ0n) is 14.5. The number of para-hydroxylation sites is 2. The van der Waals surface area contributed by atoms with Gasteiger partial charge in [-0.25, -0.2) is 4.98 Å². The molecule has 0 fully saturated rings. The molecule has 0 saturated heterocycles. The molecule has 1 heterocycles. The number of thiazole rings is 1. The Morgan fingerprint density at radius 1 is 1.26 bits per heavy atom. The summed E-state index contributed by atoms with van der Waals surface area (Å²) in [6, 6.07) is 11.7. The van der Waals surface area contributed by atoms with Crippen LogP contribution in [-0.2, 0) is 4.79 Å². The van der Waals surface area contributed by atoms with Crippen molar-refractivity contribution in [1.82, 2.24) is 4.98 Å².